The molecule has 1 aliphatic carbocycles. The van der Waals surface area contributed by atoms with Gasteiger partial charge in [-0.05, 0) is 11.6 Å². The summed E-state index contributed by atoms with van der Waals surface area (Å²) in [4.78, 5) is 12.9. The maximum Gasteiger partial charge on any atom is 0.275 e. The summed E-state index contributed by atoms with van der Waals surface area (Å²) in [5.74, 6) is -4.55. The summed E-state index contributed by atoms with van der Waals surface area (Å²) in [5, 5.41) is -0.439. The minimum atomic E-state index is -2.89. The Kier molecular flexibility index (Phi) is 3.33. The van der Waals surface area contributed by atoms with Crippen LogP contribution in [0.3, 0.4) is 0 Å². The number of pyridine rings is 1. The number of ether oxygens (including phenoxy) is 1. The number of fused-ring (bicyclic) bond motifs is 2. The van der Waals surface area contributed by atoms with Crippen molar-refractivity contribution in [1.29, 1.82) is 0 Å². The molecule has 2 unspecified atom stereocenters. The van der Waals surface area contributed by atoms with Crippen LogP contribution >= 0.6 is 23.2 Å². The summed E-state index contributed by atoms with van der Waals surface area (Å²) in [5.41, 5.74) is -0.148. The highest BCUT2D eigenvalue weighted by Crippen LogP contribution is 2.54. The number of alkyl halides is 2. The number of halogens is 5. The van der Waals surface area contributed by atoms with Gasteiger partial charge in [0.1, 0.15) is 17.4 Å². The molecule has 4 rings (SSSR count). The zero-order valence-electron chi connectivity index (χ0n) is 11.4. The molecule has 2 atom stereocenters. The molecule has 2 fully saturated rings. The normalized spacial score (nSPS) is 26.0. The van der Waals surface area contributed by atoms with Gasteiger partial charge in [-0.15, -0.1) is 0 Å². The van der Waals surface area contributed by atoms with Gasteiger partial charge in [0, 0.05) is 12.7 Å². The van der Waals surface area contributed by atoms with E-state index in [2.05, 4.69) is 15.0 Å². The highest BCUT2D eigenvalue weighted by molar-refractivity contribution is 6.30. The molecule has 0 aromatic carbocycles. The first kappa shape index (κ1) is 15.2. The van der Waals surface area contributed by atoms with Crippen molar-refractivity contribution in [3.05, 3.63) is 22.5 Å². The number of rotatable bonds is 1. The topological polar surface area (TPSA) is 51.1 Å². The maximum absolute atomic E-state index is 14.1. The van der Waals surface area contributed by atoms with Crippen molar-refractivity contribution in [2.75, 3.05) is 24.7 Å². The zero-order valence-corrected chi connectivity index (χ0v) is 13.0. The van der Waals surface area contributed by atoms with E-state index in [4.69, 9.17) is 27.9 Å². The molecular formula is C13H9Cl2F3N4O. The van der Waals surface area contributed by atoms with Gasteiger partial charge in [-0.3, -0.25) is 0 Å². The molecule has 122 valence electrons. The number of hydrogen-bond acceptors (Lipinski definition) is 5. The van der Waals surface area contributed by atoms with Gasteiger partial charge in [0.15, 0.2) is 11.0 Å². The van der Waals surface area contributed by atoms with Crippen LogP contribution in [0.5, 0.6) is 0 Å². The molecule has 5 nitrogen and oxygen atoms in total. The maximum atomic E-state index is 14.1. The lowest BCUT2D eigenvalue weighted by molar-refractivity contribution is 0.0492. The second-order valence-corrected chi connectivity index (χ2v) is 6.13. The van der Waals surface area contributed by atoms with Crippen LogP contribution in [0.4, 0.5) is 19.0 Å². The predicted molar refractivity (Wildman–Crippen MR) is 77.7 cm³/mol. The summed E-state index contributed by atoms with van der Waals surface area (Å²) >= 11 is 11.5. The lowest BCUT2D eigenvalue weighted by atomic mass is 10.2. The Hall–Kier alpha value is -1.38. The average molecular weight is 365 g/mol. The van der Waals surface area contributed by atoms with Gasteiger partial charge in [-0.1, -0.05) is 11.6 Å². The summed E-state index contributed by atoms with van der Waals surface area (Å²) in [7, 11) is 0. The molecule has 0 spiro atoms. The minimum absolute atomic E-state index is 0.0245. The van der Waals surface area contributed by atoms with Gasteiger partial charge in [0.2, 0.25) is 5.28 Å². The van der Waals surface area contributed by atoms with E-state index < -0.39 is 23.7 Å². The Bertz CT molecular complexity index is 806. The van der Waals surface area contributed by atoms with E-state index >= 15 is 0 Å². The molecule has 0 N–H and O–H groups in total. The van der Waals surface area contributed by atoms with Crippen LogP contribution < -0.4 is 4.90 Å². The van der Waals surface area contributed by atoms with Gasteiger partial charge in [-0.2, -0.15) is 4.98 Å². The largest absolute Gasteiger partial charge is 0.379 e. The first-order valence-corrected chi connectivity index (χ1v) is 7.56. The van der Waals surface area contributed by atoms with Gasteiger partial charge in [0.05, 0.1) is 24.5 Å². The van der Waals surface area contributed by atoms with Gasteiger partial charge >= 0.3 is 0 Å². The molecule has 0 bridgehead atoms. The summed E-state index contributed by atoms with van der Waals surface area (Å²) < 4.78 is 47.2. The Morgan fingerprint density at radius 2 is 2.09 bits per heavy atom. The van der Waals surface area contributed by atoms with E-state index in [1.54, 1.807) is 0 Å². The standard InChI is InChI=1S/C13H9Cl2F3N4O/c14-10-7(16)8-5(3-19-10)11(21-12(15)20-8)22-1-2-23-4-6-9(22)13(6,17)18/h3,6,9H,1-2,4H2. The van der Waals surface area contributed by atoms with Crippen molar-refractivity contribution in [3.8, 4) is 0 Å². The number of anilines is 1. The zero-order chi connectivity index (χ0) is 16.4. The third kappa shape index (κ3) is 2.23. The van der Waals surface area contributed by atoms with E-state index in [-0.39, 0.29) is 46.9 Å². The van der Waals surface area contributed by atoms with Crippen molar-refractivity contribution in [2.24, 2.45) is 5.92 Å². The fraction of sp³-hybridized carbons (Fsp3) is 0.462. The summed E-state index contributed by atoms with van der Waals surface area (Å²) in [6, 6.07) is -1.06. The summed E-state index contributed by atoms with van der Waals surface area (Å²) in [6.45, 7) is 0.419. The lowest BCUT2D eigenvalue weighted by Gasteiger charge is -2.24. The molecule has 23 heavy (non-hydrogen) atoms. The molecule has 2 aromatic heterocycles. The van der Waals surface area contributed by atoms with Crippen LogP contribution in [0.15, 0.2) is 6.20 Å². The van der Waals surface area contributed by atoms with Crippen LogP contribution in [0.25, 0.3) is 10.9 Å². The Labute approximate surface area is 138 Å². The first-order chi connectivity index (χ1) is 10.9. The van der Waals surface area contributed by atoms with Crippen molar-refractivity contribution in [1.82, 2.24) is 15.0 Å². The second kappa shape index (κ2) is 5.06. The van der Waals surface area contributed by atoms with Crippen LogP contribution in [-0.4, -0.2) is 46.7 Å². The molecule has 0 radical (unpaired) electrons. The Balaban J connectivity index is 1.90. The number of nitrogens with zero attached hydrogens (tertiary/aromatic N) is 4. The third-order valence-electron chi connectivity index (χ3n) is 4.14. The van der Waals surface area contributed by atoms with Crippen molar-refractivity contribution >= 4 is 39.9 Å². The van der Waals surface area contributed by atoms with Crippen molar-refractivity contribution < 1.29 is 17.9 Å². The molecule has 3 heterocycles. The summed E-state index contributed by atoms with van der Waals surface area (Å²) in [6.07, 6.45) is 1.26. The molecule has 2 aliphatic rings. The minimum Gasteiger partial charge on any atom is -0.379 e. The van der Waals surface area contributed by atoms with Crippen molar-refractivity contribution in [3.63, 3.8) is 0 Å². The Morgan fingerprint density at radius 3 is 2.87 bits per heavy atom. The Morgan fingerprint density at radius 1 is 1.30 bits per heavy atom. The van der Waals surface area contributed by atoms with E-state index in [0.29, 0.717) is 0 Å². The number of aromatic nitrogens is 3. The van der Waals surface area contributed by atoms with Gasteiger partial charge in [-0.25, -0.2) is 23.1 Å². The number of hydrogen-bond donors (Lipinski definition) is 0. The van der Waals surface area contributed by atoms with Crippen LogP contribution in [-0.2, 0) is 4.74 Å². The van der Waals surface area contributed by atoms with Crippen LogP contribution in [0.2, 0.25) is 10.4 Å². The van der Waals surface area contributed by atoms with Crippen LogP contribution in [0, 0.1) is 11.7 Å². The molecule has 1 saturated heterocycles. The van der Waals surface area contributed by atoms with Gasteiger partial charge in [0.25, 0.3) is 5.92 Å². The molecule has 1 aliphatic heterocycles. The average Bonchev–Trinajstić information content (AvgIpc) is 3.12. The fourth-order valence-corrected chi connectivity index (χ4v) is 3.26. The SMILES string of the molecule is Fc1c(Cl)ncc2c(N3CCOCC4C3C4(F)F)nc(Cl)nc12. The molecular weight excluding hydrogens is 356 g/mol. The molecule has 1 saturated carbocycles. The second-order valence-electron chi connectivity index (χ2n) is 5.44. The first-order valence-electron chi connectivity index (χ1n) is 6.80. The lowest BCUT2D eigenvalue weighted by Crippen LogP contribution is -2.33. The quantitative estimate of drug-likeness (QED) is 0.575. The predicted octanol–water partition coefficient (Wildman–Crippen LogP) is 2.94. The molecule has 2 aromatic rings. The third-order valence-corrected chi connectivity index (χ3v) is 4.57. The highest BCUT2D eigenvalue weighted by atomic mass is 35.5. The van der Waals surface area contributed by atoms with E-state index in [9.17, 15) is 13.2 Å². The van der Waals surface area contributed by atoms with E-state index in [1.807, 2.05) is 0 Å². The van der Waals surface area contributed by atoms with E-state index in [0.717, 1.165) is 0 Å². The van der Waals surface area contributed by atoms with Crippen LogP contribution in [0.1, 0.15) is 0 Å². The smallest absolute Gasteiger partial charge is 0.275 e. The van der Waals surface area contributed by atoms with Crippen molar-refractivity contribution in [2.45, 2.75) is 12.0 Å². The van der Waals surface area contributed by atoms with Gasteiger partial charge < -0.3 is 9.64 Å². The monoisotopic (exact) mass is 364 g/mol. The fourth-order valence-electron chi connectivity index (χ4n) is 2.96. The molecule has 0 amide bonds. The highest BCUT2D eigenvalue weighted by Gasteiger charge is 2.71. The molecule has 10 heteroatoms. The van der Waals surface area contributed by atoms with E-state index in [1.165, 1.54) is 11.1 Å².